The van der Waals surface area contributed by atoms with Gasteiger partial charge in [-0.2, -0.15) is 8.42 Å². The molecule has 0 aromatic heterocycles. The molecule has 0 spiro atoms. The molecule has 0 saturated heterocycles. The van der Waals surface area contributed by atoms with Gasteiger partial charge in [-0.05, 0) is 12.1 Å². The van der Waals surface area contributed by atoms with Crippen LogP contribution in [0.2, 0.25) is 0 Å². The van der Waals surface area contributed by atoms with Gasteiger partial charge in [0.05, 0.1) is 4.90 Å². The first-order valence-corrected chi connectivity index (χ1v) is 4.07. The predicted octanol–water partition coefficient (Wildman–Crippen LogP) is 0.933. The Balaban J connectivity index is 0.000001000. The van der Waals surface area contributed by atoms with Crippen LogP contribution in [0.15, 0.2) is 35.2 Å². The molecular weight excluding hydrogens is 296 g/mol. The molecule has 0 aliphatic carbocycles. The van der Waals surface area contributed by atoms with Crippen LogP contribution >= 0.6 is 0 Å². The first-order valence-electron chi connectivity index (χ1n) is 2.63. The van der Waals surface area contributed by atoms with Crippen LogP contribution in [0.25, 0.3) is 0 Å². The van der Waals surface area contributed by atoms with Gasteiger partial charge in [0, 0.05) is 40.8 Å². The van der Waals surface area contributed by atoms with Crippen molar-refractivity contribution < 1.29 is 53.8 Å². The third-order valence-corrected chi connectivity index (χ3v) is 1.91. The fourth-order valence-electron chi connectivity index (χ4n) is 0.592. The van der Waals surface area contributed by atoms with Crippen molar-refractivity contribution in [2.45, 2.75) is 4.90 Å². The van der Waals surface area contributed by atoms with E-state index < -0.39 is 10.1 Å². The summed E-state index contributed by atoms with van der Waals surface area (Å²) in [4.78, 5) is -0.0741. The van der Waals surface area contributed by atoms with Crippen molar-refractivity contribution in [1.82, 2.24) is 0 Å². The summed E-state index contributed by atoms with van der Waals surface area (Å²) in [6, 6.07) is 7.42. The first kappa shape index (κ1) is 11.5. The third-order valence-electron chi connectivity index (χ3n) is 1.04. The van der Waals surface area contributed by atoms with Gasteiger partial charge >= 0.3 is 0 Å². The minimum absolute atomic E-state index is 0. The van der Waals surface area contributed by atoms with Crippen LogP contribution < -0.4 is 0 Å². The van der Waals surface area contributed by atoms with E-state index in [1.807, 2.05) is 0 Å². The van der Waals surface area contributed by atoms with Crippen LogP contribution in [0.1, 0.15) is 0 Å². The molecular formula is C6H6NdO3S. The van der Waals surface area contributed by atoms with Gasteiger partial charge in [-0.1, -0.05) is 18.2 Å². The Morgan fingerprint density at radius 2 is 1.55 bits per heavy atom. The molecule has 0 fully saturated rings. The van der Waals surface area contributed by atoms with Crippen LogP contribution in [0, 0.1) is 40.8 Å². The zero-order valence-electron chi connectivity index (χ0n) is 5.56. The molecule has 58 valence electrons. The summed E-state index contributed by atoms with van der Waals surface area (Å²) in [5.74, 6) is 0. The summed E-state index contributed by atoms with van der Waals surface area (Å²) in [5, 5.41) is 0. The van der Waals surface area contributed by atoms with Gasteiger partial charge in [0.1, 0.15) is 0 Å². The zero-order valence-corrected chi connectivity index (χ0v) is 9.58. The van der Waals surface area contributed by atoms with Crippen molar-refractivity contribution in [3.8, 4) is 0 Å². The van der Waals surface area contributed by atoms with Gasteiger partial charge in [0.15, 0.2) is 0 Å². The van der Waals surface area contributed by atoms with Gasteiger partial charge in [0.2, 0.25) is 0 Å². The van der Waals surface area contributed by atoms with E-state index in [2.05, 4.69) is 0 Å². The number of hydrogen-bond acceptors (Lipinski definition) is 2. The smallest absolute Gasteiger partial charge is 0.282 e. The largest absolute Gasteiger partial charge is 0.294 e. The molecule has 0 bridgehead atoms. The maximum Gasteiger partial charge on any atom is 0.294 e. The maximum absolute atomic E-state index is 10.4. The van der Waals surface area contributed by atoms with E-state index in [1.165, 1.54) is 12.1 Å². The minimum Gasteiger partial charge on any atom is -0.282 e. The molecule has 0 saturated carbocycles. The molecule has 3 nitrogen and oxygen atoms in total. The third kappa shape index (κ3) is 3.59. The Morgan fingerprint density at radius 1 is 1.09 bits per heavy atom. The second-order valence-corrected chi connectivity index (χ2v) is 3.21. The number of hydrogen-bond donors (Lipinski definition) is 1. The van der Waals surface area contributed by atoms with Crippen LogP contribution in [0.5, 0.6) is 0 Å². The maximum atomic E-state index is 10.4. The second kappa shape index (κ2) is 4.49. The van der Waals surface area contributed by atoms with E-state index in [0.717, 1.165) is 0 Å². The van der Waals surface area contributed by atoms with Crippen molar-refractivity contribution in [2.75, 3.05) is 0 Å². The summed E-state index contributed by atoms with van der Waals surface area (Å²) in [6.07, 6.45) is 0. The molecule has 0 radical (unpaired) electrons. The molecule has 0 unspecified atom stereocenters. The number of rotatable bonds is 1. The van der Waals surface area contributed by atoms with E-state index in [9.17, 15) is 8.42 Å². The van der Waals surface area contributed by atoms with Crippen LogP contribution in [-0.4, -0.2) is 13.0 Å². The van der Waals surface area contributed by atoms with Crippen LogP contribution in [-0.2, 0) is 10.1 Å². The fourth-order valence-corrected chi connectivity index (χ4v) is 1.09. The van der Waals surface area contributed by atoms with E-state index in [1.54, 1.807) is 18.2 Å². The molecule has 0 atom stereocenters. The van der Waals surface area contributed by atoms with E-state index >= 15 is 0 Å². The standard InChI is InChI=1S/C6H6O3S.Nd/c7-10(8,9)6-4-2-1-3-5-6;/h1-5H,(H,7,8,9);. The Labute approximate surface area is 98.1 Å². The number of benzene rings is 1. The summed E-state index contributed by atoms with van der Waals surface area (Å²) in [7, 11) is -4.00. The van der Waals surface area contributed by atoms with Crippen LogP contribution in [0.4, 0.5) is 0 Å². The molecule has 0 amide bonds. The normalized spacial score (nSPS) is 10.3. The van der Waals surface area contributed by atoms with Crippen molar-refractivity contribution in [3.63, 3.8) is 0 Å². The van der Waals surface area contributed by atoms with Gasteiger partial charge in [0.25, 0.3) is 10.1 Å². The van der Waals surface area contributed by atoms with Gasteiger partial charge in [-0.3, -0.25) is 4.55 Å². The summed E-state index contributed by atoms with van der Waals surface area (Å²) >= 11 is 0. The van der Waals surface area contributed by atoms with Gasteiger partial charge in [-0.25, -0.2) is 0 Å². The quantitative estimate of drug-likeness (QED) is 0.785. The van der Waals surface area contributed by atoms with Gasteiger partial charge < -0.3 is 0 Å². The van der Waals surface area contributed by atoms with Gasteiger partial charge in [-0.15, -0.1) is 0 Å². The summed E-state index contributed by atoms with van der Waals surface area (Å²) < 4.78 is 29.2. The molecule has 5 heteroatoms. The molecule has 1 aromatic rings. The average molecular weight is 302 g/mol. The molecule has 0 aliphatic rings. The summed E-state index contributed by atoms with van der Waals surface area (Å²) in [5.41, 5.74) is 0. The minimum atomic E-state index is -4.00. The molecule has 1 N–H and O–H groups in total. The average Bonchev–Trinajstić information content (AvgIpc) is 1.88. The SMILES string of the molecule is O=S(=O)(O)c1ccccc1.[Nd]. The Kier molecular flexibility index (Phi) is 4.69. The zero-order chi connectivity index (χ0) is 7.61. The monoisotopic (exact) mass is 300 g/mol. The topological polar surface area (TPSA) is 54.4 Å². The Morgan fingerprint density at radius 3 is 1.82 bits per heavy atom. The predicted molar refractivity (Wildman–Crippen MR) is 36.3 cm³/mol. The molecule has 0 aliphatic heterocycles. The van der Waals surface area contributed by atoms with Crippen molar-refractivity contribution in [1.29, 1.82) is 0 Å². The van der Waals surface area contributed by atoms with Crippen molar-refractivity contribution in [3.05, 3.63) is 30.3 Å². The van der Waals surface area contributed by atoms with Crippen molar-refractivity contribution >= 4 is 10.1 Å². The molecule has 1 rings (SSSR count). The van der Waals surface area contributed by atoms with Crippen LogP contribution in [0.3, 0.4) is 0 Å². The molecule has 0 heterocycles. The Bertz CT molecular complexity index is 306. The molecule has 1 aromatic carbocycles. The van der Waals surface area contributed by atoms with E-state index in [0.29, 0.717) is 0 Å². The van der Waals surface area contributed by atoms with E-state index in [4.69, 9.17) is 4.55 Å². The Hall–Kier alpha value is 0.481. The fraction of sp³-hybridized carbons (Fsp3) is 0. The second-order valence-electron chi connectivity index (χ2n) is 1.79. The summed E-state index contributed by atoms with van der Waals surface area (Å²) in [6.45, 7) is 0. The first-order chi connectivity index (χ1) is 4.61. The molecule has 11 heavy (non-hydrogen) atoms. The van der Waals surface area contributed by atoms with Crippen molar-refractivity contribution in [2.24, 2.45) is 0 Å². The van der Waals surface area contributed by atoms with E-state index in [-0.39, 0.29) is 45.7 Å².